The van der Waals surface area contributed by atoms with Crippen molar-refractivity contribution in [3.8, 4) is 0 Å². The van der Waals surface area contributed by atoms with Gasteiger partial charge in [-0.15, -0.1) is 24.0 Å². The molecule has 0 saturated carbocycles. The van der Waals surface area contributed by atoms with Crippen molar-refractivity contribution in [2.24, 2.45) is 4.99 Å². The van der Waals surface area contributed by atoms with E-state index in [0.717, 1.165) is 11.6 Å². The van der Waals surface area contributed by atoms with Gasteiger partial charge in [-0.1, -0.05) is 12.1 Å². The number of carbonyl (C=O) groups is 1. The van der Waals surface area contributed by atoms with Gasteiger partial charge in [0.25, 0.3) is 5.91 Å². The molecule has 0 fully saturated rings. The van der Waals surface area contributed by atoms with Crippen molar-refractivity contribution in [2.75, 3.05) is 46.1 Å². The van der Waals surface area contributed by atoms with Gasteiger partial charge in [-0.3, -0.25) is 9.79 Å². The van der Waals surface area contributed by atoms with Crippen molar-refractivity contribution < 1.29 is 18.0 Å². The molecule has 1 aromatic carbocycles. The molecule has 0 aliphatic carbocycles. The van der Waals surface area contributed by atoms with Crippen LogP contribution in [0.5, 0.6) is 0 Å². The summed E-state index contributed by atoms with van der Waals surface area (Å²) >= 11 is 0. The van der Waals surface area contributed by atoms with Crippen molar-refractivity contribution in [1.82, 2.24) is 20.5 Å². The summed E-state index contributed by atoms with van der Waals surface area (Å²) in [6.07, 6.45) is -2.47. The summed E-state index contributed by atoms with van der Waals surface area (Å²) in [6, 6.07) is 9.67. The number of nitrogens with one attached hydrogen (secondary N) is 3. The highest BCUT2D eigenvalue weighted by atomic mass is 127. The Kier molecular flexibility index (Phi) is 11.2. The van der Waals surface area contributed by atoms with Crippen molar-refractivity contribution in [2.45, 2.75) is 12.6 Å². The first kappa shape index (κ1) is 27.5. The Hall–Kier alpha value is -2.57. The number of aliphatic imine (C=N–C) groups is 1. The predicted octanol–water partition coefficient (Wildman–Crippen LogP) is 3.24. The van der Waals surface area contributed by atoms with Crippen LogP contribution in [-0.2, 0) is 12.6 Å². The zero-order valence-corrected chi connectivity index (χ0v) is 20.5. The quantitative estimate of drug-likeness (QED) is 0.199. The lowest BCUT2D eigenvalue weighted by molar-refractivity contribution is -0.137. The first-order valence-electron chi connectivity index (χ1n) is 9.73. The fourth-order valence-corrected chi connectivity index (χ4v) is 2.80. The number of amides is 1. The number of aromatic nitrogens is 1. The Morgan fingerprint density at radius 1 is 1.09 bits per heavy atom. The molecule has 2 rings (SSSR count). The number of carbonyl (C=O) groups excluding carboxylic acids is 1. The number of halogens is 4. The first-order valence-corrected chi connectivity index (χ1v) is 9.73. The van der Waals surface area contributed by atoms with Crippen LogP contribution in [0.1, 0.15) is 21.5 Å². The van der Waals surface area contributed by atoms with Crippen molar-refractivity contribution in [1.29, 1.82) is 0 Å². The van der Waals surface area contributed by atoms with Gasteiger partial charge in [-0.05, 0) is 36.2 Å². The van der Waals surface area contributed by atoms with Crippen LogP contribution >= 0.6 is 24.0 Å². The van der Waals surface area contributed by atoms with E-state index in [-0.39, 0.29) is 42.2 Å². The van der Waals surface area contributed by atoms with E-state index in [1.165, 1.54) is 17.2 Å². The second-order valence-electron chi connectivity index (χ2n) is 6.90. The van der Waals surface area contributed by atoms with Crippen molar-refractivity contribution >= 4 is 41.7 Å². The van der Waals surface area contributed by atoms with E-state index in [4.69, 9.17) is 0 Å². The number of pyridine rings is 1. The second kappa shape index (κ2) is 13.1. The third-order valence-electron chi connectivity index (χ3n) is 4.33. The lowest BCUT2D eigenvalue weighted by atomic mass is 10.1. The number of rotatable bonds is 8. The molecule has 0 aliphatic rings. The molecule has 1 amide bonds. The molecule has 0 aliphatic heterocycles. The lowest BCUT2D eigenvalue weighted by Crippen LogP contribution is -2.40. The van der Waals surface area contributed by atoms with Gasteiger partial charge in [-0.25, -0.2) is 4.98 Å². The molecule has 0 radical (unpaired) electrons. The van der Waals surface area contributed by atoms with Crippen LogP contribution in [0.15, 0.2) is 47.6 Å². The average Bonchev–Trinajstić information content (AvgIpc) is 2.74. The summed E-state index contributed by atoms with van der Waals surface area (Å²) in [4.78, 5) is 21.4. The minimum Gasteiger partial charge on any atom is -0.368 e. The summed E-state index contributed by atoms with van der Waals surface area (Å²) < 4.78 is 38.9. The molecule has 1 aromatic heterocycles. The largest absolute Gasteiger partial charge is 0.419 e. The molecule has 32 heavy (non-hydrogen) atoms. The van der Waals surface area contributed by atoms with Gasteiger partial charge in [0.1, 0.15) is 5.82 Å². The van der Waals surface area contributed by atoms with E-state index in [1.807, 2.05) is 18.2 Å². The molecule has 0 spiro atoms. The van der Waals surface area contributed by atoms with E-state index in [2.05, 4.69) is 25.9 Å². The third-order valence-corrected chi connectivity index (χ3v) is 4.33. The molecule has 0 atom stereocenters. The highest BCUT2D eigenvalue weighted by Gasteiger charge is 2.33. The summed E-state index contributed by atoms with van der Waals surface area (Å²) in [5.41, 5.74) is 0.837. The van der Waals surface area contributed by atoms with Gasteiger partial charge in [0.2, 0.25) is 0 Å². The van der Waals surface area contributed by atoms with Gasteiger partial charge in [0, 0.05) is 52.5 Å². The maximum atomic E-state index is 13.0. The molecular formula is C21H28F3IN6O. The number of nitrogens with zero attached hydrogens (tertiary/aromatic N) is 3. The fraction of sp³-hybridized carbons (Fsp3) is 0.381. The number of alkyl halides is 3. The van der Waals surface area contributed by atoms with Gasteiger partial charge in [0.05, 0.1) is 5.56 Å². The Morgan fingerprint density at radius 2 is 1.81 bits per heavy atom. The number of guanidine groups is 1. The molecule has 2 aromatic rings. The van der Waals surface area contributed by atoms with Crippen molar-refractivity contribution in [3.63, 3.8) is 0 Å². The fourth-order valence-electron chi connectivity index (χ4n) is 2.80. The smallest absolute Gasteiger partial charge is 0.368 e. The zero-order valence-electron chi connectivity index (χ0n) is 18.2. The molecule has 176 valence electrons. The van der Waals surface area contributed by atoms with Gasteiger partial charge < -0.3 is 20.9 Å². The summed E-state index contributed by atoms with van der Waals surface area (Å²) in [6.45, 7) is 1.15. The molecule has 0 saturated heterocycles. The highest BCUT2D eigenvalue weighted by molar-refractivity contribution is 14.0. The van der Waals surface area contributed by atoms with Crippen LogP contribution in [0.4, 0.5) is 19.0 Å². The number of benzene rings is 1. The normalized spacial score (nSPS) is 11.4. The molecule has 1 heterocycles. The number of hydrogen-bond donors (Lipinski definition) is 3. The lowest BCUT2D eigenvalue weighted by Gasteiger charge is -2.15. The van der Waals surface area contributed by atoms with Gasteiger partial charge >= 0.3 is 6.18 Å². The summed E-state index contributed by atoms with van der Waals surface area (Å²) in [5.74, 6) is 0.271. The third kappa shape index (κ3) is 8.52. The standard InChI is InChI=1S/C21H27F3N6O.HI/c1-25-20(28-11-9-15-6-4-7-16(14-15)19(31)30(2)3)29-13-12-27-18-17(21(22,23)24)8-5-10-26-18;/h4-8,10,14H,9,11-13H2,1-3H3,(H,26,27)(H2,25,28,29);1H. The summed E-state index contributed by atoms with van der Waals surface area (Å²) in [7, 11) is 5.03. The van der Waals surface area contributed by atoms with Crippen LogP contribution in [0, 0.1) is 0 Å². The second-order valence-corrected chi connectivity index (χ2v) is 6.90. The van der Waals surface area contributed by atoms with Gasteiger partial charge in [0.15, 0.2) is 5.96 Å². The van der Waals surface area contributed by atoms with E-state index in [0.29, 0.717) is 31.0 Å². The maximum Gasteiger partial charge on any atom is 0.419 e. The molecule has 0 unspecified atom stereocenters. The molecule has 0 bridgehead atoms. The Labute approximate surface area is 202 Å². The van der Waals surface area contributed by atoms with Crippen LogP contribution < -0.4 is 16.0 Å². The minimum atomic E-state index is -4.46. The minimum absolute atomic E-state index is 0. The highest BCUT2D eigenvalue weighted by Crippen LogP contribution is 2.33. The Morgan fingerprint density at radius 3 is 2.47 bits per heavy atom. The molecule has 11 heteroatoms. The van der Waals surface area contributed by atoms with Crippen LogP contribution in [0.25, 0.3) is 0 Å². The number of hydrogen-bond acceptors (Lipinski definition) is 4. The zero-order chi connectivity index (χ0) is 22.9. The predicted molar refractivity (Wildman–Crippen MR) is 131 cm³/mol. The van der Waals surface area contributed by atoms with E-state index in [9.17, 15) is 18.0 Å². The Balaban J connectivity index is 0.00000512. The maximum absolute atomic E-state index is 13.0. The average molecular weight is 564 g/mol. The number of anilines is 1. The van der Waals surface area contributed by atoms with Crippen LogP contribution in [-0.4, -0.2) is 62.5 Å². The molecule has 7 nitrogen and oxygen atoms in total. The summed E-state index contributed by atoms with van der Waals surface area (Å²) in [5, 5.41) is 8.87. The van der Waals surface area contributed by atoms with E-state index in [1.54, 1.807) is 27.2 Å². The van der Waals surface area contributed by atoms with E-state index >= 15 is 0 Å². The van der Waals surface area contributed by atoms with E-state index < -0.39 is 11.7 Å². The van der Waals surface area contributed by atoms with Crippen LogP contribution in [0.2, 0.25) is 0 Å². The van der Waals surface area contributed by atoms with Gasteiger partial charge in [-0.2, -0.15) is 13.2 Å². The van der Waals surface area contributed by atoms with Crippen molar-refractivity contribution in [3.05, 3.63) is 59.3 Å². The molecule has 3 N–H and O–H groups in total. The Bertz CT molecular complexity index is 905. The topological polar surface area (TPSA) is 81.6 Å². The molecular weight excluding hydrogens is 536 g/mol. The van der Waals surface area contributed by atoms with Crippen LogP contribution in [0.3, 0.4) is 0 Å². The first-order chi connectivity index (χ1) is 14.7. The SMILES string of the molecule is CN=C(NCCNc1ncccc1C(F)(F)F)NCCc1cccc(C(=O)N(C)C)c1.I. The monoisotopic (exact) mass is 564 g/mol.